The fraction of sp³-hybridized carbons (Fsp3) is 0.300. The third kappa shape index (κ3) is 3.00. The van der Waals surface area contributed by atoms with E-state index < -0.39 is 0 Å². The highest BCUT2D eigenvalue weighted by molar-refractivity contribution is 7.13. The minimum Gasteiger partial charge on any atom is -0.337 e. The van der Waals surface area contributed by atoms with Crippen molar-refractivity contribution in [1.29, 1.82) is 0 Å². The molecule has 25 heavy (non-hydrogen) atoms. The molecule has 1 fully saturated rings. The number of amides is 1. The van der Waals surface area contributed by atoms with E-state index in [2.05, 4.69) is 32.0 Å². The lowest BCUT2D eigenvalue weighted by Crippen LogP contribution is -2.29. The highest BCUT2D eigenvalue weighted by atomic mass is 32.1. The number of carbonyl (C=O) groups excluding carboxylic acids is 1. The average molecular weight is 351 g/mol. The molecule has 2 aromatic heterocycles. The van der Waals surface area contributed by atoms with Crippen molar-refractivity contribution >= 4 is 17.2 Å². The van der Waals surface area contributed by atoms with Crippen LogP contribution in [0.3, 0.4) is 0 Å². The van der Waals surface area contributed by atoms with Gasteiger partial charge in [0.1, 0.15) is 11.4 Å². The van der Waals surface area contributed by atoms with E-state index >= 15 is 0 Å². The summed E-state index contributed by atoms with van der Waals surface area (Å²) < 4.78 is 1.83. The van der Waals surface area contributed by atoms with Gasteiger partial charge in [-0.15, -0.1) is 11.3 Å². The first-order valence-corrected chi connectivity index (χ1v) is 9.52. The second-order valence-electron chi connectivity index (χ2n) is 6.59. The number of aromatic nitrogens is 2. The number of likely N-dealkylation sites (tertiary alicyclic amines) is 1. The minimum absolute atomic E-state index is 0.0775. The van der Waals surface area contributed by atoms with Crippen molar-refractivity contribution in [3.8, 4) is 16.3 Å². The Kier molecular flexibility index (Phi) is 4.17. The van der Waals surface area contributed by atoms with Crippen LogP contribution in [0.5, 0.6) is 0 Å². The van der Waals surface area contributed by atoms with Crippen molar-refractivity contribution in [3.63, 3.8) is 0 Å². The first-order chi connectivity index (χ1) is 12.1. The number of rotatable bonds is 3. The summed E-state index contributed by atoms with van der Waals surface area (Å²) in [5.41, 5.74) is 4.76. The van der Waals surface area contributed by atoms with Crippen LogP contribution in [0.15, 0.2) is 41.8 Å². The molecule has 1 saturated heterocycles. The van der Waals surface area contributed by atoms with Crippen LogP contribution in [0.1, 0.15) is 34.5 Å². The Morgan fingerprint density at radius 3 is 2.64 bits per heavy atom. The van der Waals surface area contributed by atoms with Gasteiger partial charge in [-0.2, -0.15) is 5.10 Å². The molecule has 0 bridgehead atoms. The van der Waals surface area contributed by atoms with Crippen LogP contribution < -0.4 is 0 Å². The van der Waals surface area contributed by atoms with Crippen LogP contribution >= 0.6 is 11.3 Å². The number of aryl methyl sites for hydroxylation is 2. The molecule has 4 rings (SSSR count). The number of benzene rings is 1. The highest BCUT2D eigenvalue weighted by Gasteiger charge is 2.25. The van der Waals surface area contributed by atoms with E-state index in [1.165, 1.54) is 0 Å². The zero-order valence-corrected chi connectivity index (χ0v) is 15.3. The van der Waals surface area contributed by atoms with Crippen LogP contribution in [0, 0.1) is 13.8 Å². The molecule has 0 spiro atoms. The lowest BCUT2D eigenvalue weighted by Gasteiger charge is -2.17. The number of nitrogens with zero attached hydrogens (tertiary/aromatic N) is 3. The minimum atomic E-state index is 0.0775. The van der Waals surface area contributed by atoms with Crippen molar-refractivity contribution in [2.45, 2.75) is 26.7 Å². The maximum atomic E-state index is 13.1. The van der Waals surface area contributed by atoms with Gasteiger partial charge in [-0.05, 0) is 61.4 Å². The van der Waals surface area contributed by atoms with Crippen molar-refractivity contribution < 1.29 is 4.79 Å². The average Bonchev–Trinajstić information content (AvgIpc) is 3.36. The monoisotopic (exact) mass is 351 g/mol. The molecule has 0 aliphatic carbocycles. The molecule has 0 saturated carbocycles. The molecule has 0 atom stereocenters. The lowest BCUT2D eigenvalue weighted by atomic mass is 10.1. The van der Waals surface area contributed by atoms with E-state index in [1.54, 1.807) is 11.3 Å². The van der Waals surface area contributed by atoms with Crippen LogP contribution in [-0.4, -0.2) is 33.7 Å². The van der Waals surface area contributed by atoms with Gasteiger partial charge in [0, 0.05) is 13.1 Å². The van der Waals surface area contributed by atoms with Gasteiger partial charge in [0.05, 0.1) is 10.6 Å². The molecule has 128 valence electrons. The Morgan fingerprint density at radius 2 is 1.92 bits per heavy atom. The second-order valence-corrected chi connectivity index (χ2v) is 7.54. The summed E-state index contributed by atoms with van der Waals surface area (Å²) in [5.74, 6) is 0.0775. The van der Waals surface area contributed by atoms with Gasteiger partial charge in [-0.1, -0.05) is 18.2 Å². The maximum Gasteiger partial charge on any atom is 0.272 e. The topological polar surface area (TPSA) is 38.1 Å². The highest BCUT2D eigenvalue weighted by Crippen LogP contribution is 2.28. The fourth-order valence-electron chi connectivity index (χ4n) is 3.29. The summed E-state index contributed by atoms with van der Waals surface area (Å²) in [7, 11) is 0. The zero-order chi connectivity index (χ0) is 17.4. The summed E-state index contributed by atoms with van der Waals surface area (Å²) in [6, 6.07) is 12.3. The molecule has 1 aliphatic rings. The number of carbonyl (C=O) groups is 1. The third-order valence-electron chi connectivity index (χ3n) is 4.69. The normalized spacial score (nSPS) is 14.2. The van der Waals surface area contributed by atoms with Crippen molar-refractivity contribution in [2.24, 2.45) is 0 Å². The number of hydrogen-bond acceptors (Lipinski definition) is 3. The van der Waals surface area contributed by atoms with Gasteiger partial charge >= 0.3 is 0 Å². The molecule has 1 amide bonds. The van der Waals surface area contributed by atoms with Crippen molar-refractivity contribution in [1.82, 2.24) is 14.7 Å². The Hall–Kier alpha value is -2.40. The van der Waals surface area contributed by atoms with Gasteiger partial charge < -0.3 is 4.90 Å². The van der Waals surface area contributed by atoms with E-state index in [9.17, 15) is 4.79 Å². The number of thiophene rings is 1. The van der Waals surface area contributed by atoms with Crippen LogP contribution in [0.25, 0.3) is 16.3 Å². The summed E-state index contributed by atoms with van der Waals surface area (Å²) in [4.78, 5) is 16.1. The Labute approximate surface area is 151 Å². The molecule has 1 aromatic carbocycles. The number of hydrogen-bond donors (Lipinski definition) is 0. The van der Waals surface area contributed by atoms with Crippen LogP contribution in [0.2, 0.25) is 0 Å². The fourth-order valence-corrected chi connectivity index (χ4v) is 3.97. The SMILES string of the molecule is Cc1ccc(C)c(-n2nc(-c3cccs3)cc2C(=O)N2CCCC2)c1. The van der Waals surface area contributed by atoms with Gasteiger partial charge in [0.25, 0.3) is 5.91 Å². The lowest BCUT2D eigenvalue weighted by molar-refractivity contribution is 0.0784. The largest absolute Gasteiger partial charge is 0.337 e. The van der Waals surface area contributed by atoms with Crippen LogP contribution in [0.4, 0.5) is 0 Å². The van der Waals surface area contributed by atoms with Crippen molar-refractivity contribution in [3.05, 3.63) is 58.6 Å². The van der Waals surface area contributed by atoms with E-state index in [0.717, 1.165) is 53.3 Å². The summed E-state index contributed by atoms with van der Waals surface area (Å²) in [6.45, 7) is 5.80. The smallest absolute Gasteiger partial charge is 0.272 e. The Bertz CT molecular complexity index is 905. The van der Waals surface area contributed by atoms with E-state index in [4.69, 9.17) is 5.10 Å². The first-order valence-electron chi connectivity index (χ1n) is 8.64. The predicted molar refractivity (Wildman–Crippen MR) is 101 cm³/mol. The molecule has 1 aliphatic heterocycles. The van der Waals surface area contributed by atoms with E-state index in [1.807, 2.05) is 33.2 Å². The van der Waals surface area contributed by atoms with E-state index in [-0.39, 0.29) is 5.91 Å². The van der Waals surface area contributed by atoms with Gasteiger partial charge in [0.15, 0.2) is 0 Å². The Balaban J connectivity index is 1.86. The molecule has 0 radical (unpaired) electrons. The van der Waals surface area contributed by atoms with E-state index in [0.29, 0.717) is 5.69 Å². The Morgan fingerprint density at radius 1 is 1.12 bits per heavy atom. The summed E-state index contributed by atoms with van der Waals surface area (Å²) in [5, 5.41) is 6.83. The molecular weight excluding hydrogens is 330 g/mol. The quantitative estimate of drug-likeness (QED) is 0.699. The van der Waals surface area contributed by atoms with Gasteiger partial charge in [-0.25, -0.2) is 4.68 Å². The molecule has 0 N–H and O–H groups in total. The third-order valence-corrected chi connectivity index (χ3v) is 5.58. The maximum absolute atomic E-state index is 13.1. The standard InChI is InChI=1S/C20H21N3OS/c1-14-7-8-15(2)17(12-14)23-18(20(24)22-9-3-4-10-22)13-16(21-23)19-6-5-11-25-19/h5-8,11-13H,3-4,9-10H2,1-2H3. The van der Waals surface area contributed by atoms with Crippen LogP contribution in [-0.2, 0) is 0 Å². The van der Waals surface area contributed by atoms with Gasteiger partial charge in [-0.3, -0.25) is 4.79 Å². The molecule has 3 heterocycles. The molecule has 3 aromatic rings. The first kappa shape index (κ1) is 16.1. The molecule has 0 unspecified atom stereocenters. The summed E-state index contributed by atoms with van der Waals surface area (Å²) >= 11 is 1.64. The van der Waals surface area contributed by atoms with Crippen molar-refractivity contribution in [2.75, 3.05) is 13.1 Å². The molecule has 4 nitrogen and oxygen atoms in total. The molecular formula is C20H21N3OS. The summed E-state index contributed by atoms with van der Waals surface area (Å²) in [6.07, 6.45) is 2.17. The second kappa shape index (κ2) is 6.48. The predicted octanol–water partition coefficient (Wildman–Crippen LogP) is 4.45. The van der Waals surface area contributed by atoms with Gasteiger partial charge in [0.2, 0.25) is 0 Å². The zero-order valence-electron chi connectivity index (χ0n) is 14.5. The molecule has 5 heteroatoms.